The second-order valence-corrected chi connectivity index (χ2v) is 7.56. The van der Waals surface area contributed by atoms with Gasteiger partial charge in [0.15, 0.2) is 28.8 Å². The Hall–Kier alpha value is -3.43. The van der Waals surface area contributed by atoms with Crippen LogP contribution in [0, 0.1) is 11.6 Å². The Morgan fingerprint density at radius 3 is 2.93 bits per heavy atom. The molecule has 1 N–H and O–H groups in total. The molecule has 8 nitrogen and oxygen atoms in total. The van der Waals surface area contributed by atoms with Crippen molar-refractivity contribution in [3.63, 3.8) is 0 Å². The number of anilines is 1. The number of ether oxygens (including phenoxy) is 2. The number of carbonyl (C=O) groups excluding carboxylic acids is 1. The summed E-state index contributed by atoms with van der Waals surface area (Å²) in [7, 11) is 0. The Labute approximate surface area is 170 Å². The third kappa shape index (κ3) is 2.99. The van der Waals surface area contributed by atoms with E-state index in [2.05, 4.69) is 15.4 Å². The molecule has 3 aromatic rings. The minimum absolute atomic E-state index is 0.0401. The lowest BCUT2D eigenvalue weighted by Crippen LogP contribution is -2.41. The SMILES string of the molecule is C[C@@H]1COc2cn3ncc4c3nc2N1Cc1cc(F)cc(F)c1O[C@@H](C)CNC4=O. The Morgan fingerprint density at radius 1 is 1.27 bits per heavy atom. The minimum atomic E-state index is -0.792. The van der Waals surface area contributed by atoms with Crippen LogP contribution in [0.15, 0.2) is 24.5 Å². The quantitative estimate of drug-likeness (QED) is 0.607. The van der Waals surface area contributed by atoms with Crippen molar-refractivity contribution in [3.8, 4) is 11.5 Å². The highest BCUT2D eigenvalue weighted by atomic mass is 19.1. The molecule has 0 aliphatic carbocycles. The number of fused-ring (bicyclic) bond motifs is 1. The van der Waals surface area contributed by atoms with E-state index in [1.165, 1.54) is 16.8 Å². The van der Waals surface area contributed by atoms with Crippen LogP contribution < -0.4 is 19.7 Å². The van der Waals surface area contributed by atoms with Crippen molar-refractivity contribution in [2.75, 3.05) is 18.1 Å². The largest absolute Gasteiger partial charge is 0.486 e. The highest BCUT2D eigenvalue weighted by molar-refractivity contribution is 5.99. The van der Waals surface area contributed by atoms with Crippen molar-refractivity contribution in [2.24, 2.45) is 0 Å². The topological polar surface area (TPSA) is 81.0 Å². The first-order valence-electron chi connectivity index (χ1n) is 9.61. The maximum absolute atomic E-state index is 14.6. The lowest BCUT2D eigenvalue weighted by molar-refractivity contribution is 0.0932. The van der Waals surface area contributed by atoms with Gasteiger partial charge in [-0.1, -0.05) is 0 Å². The molecule has 10 heteroatoms. The molecule has 2 aromatic heterocycles. The molecule has 0 unspecified atom stereocenters. The number of carbonyl (C=O) groups is 1. The fourth-order valence-electron chi connectivity index (χ4n) is 3.71. The molecule has 156 valence electrons. The van der Waals surface area contributed by atoms with Crippen molar-refractivity contribution in [1.82, 2.24) is 19.9 Å². The third-order valence-electron chi connectivity index (χ3n) is 5.26. The van der Waals surface area contributed by atoms with Crippen LogP contribution in [0.3, 0.4) is 0 Å². The van der Waals surface area contributed by atoms with Crippen LogP contribution in [0.1, 0.15) is 29.8 Å². The Bertz CT molecular complexity index is 1170. The van der Waals surface area contributed by atoms with Crippen LogP contribution in [0.5, 0.6) is 11.5 Å². The molecule has 4 heterocycles. The Morgan fingerprint density at radius 2 is 2.10 bits per heavy atom. The van der Waals surface area contributed by atoms with Gasteiger partial charge in [-0.25, -0.2) is 18.3 Å². The summed E-state index contributed by atoms with van der Waals surface area (Å²) in [6.07, 6.45) is 2.54. The average molecular weight is 415 g/mol. The molecule has 0 radical (unpaired) electrons. The monoisotopic (exact) mass is 415 g/mol. The van der Waals surface area contributed by atoms with Gasteiger partial charge in [0.1, 0.15) is 24.1 Å². The number of nitrogens with one attached hydrogen (secondary N) is 1. The van der Waals surface area contributed by atoms with Gasteiger partial charge in [0.2, 0.25) is 0 Å². The van der Waals surface area contributed by atoms with Gasteiger partial charge in [0.05, 0.1) is 25.0 Å². The van der Waals surface area contributed by atoms with Crippen LogP contribution in [0.25, 0.3) is 5.65 Å². The summed E-state index contributed by atoms with van der Waals surface area (Å²) >= 11 is 0. The Kier molecular flexibility index (Phi) is 4.23. The number of halogens is 2. The molecule has 1 amide bonds. The van der Waals surface area contributed by atoms with Crippen LogP contribution in [-0.4, -0.2) is 45.8 Å². The molecular formula is C20H19F2N5O3. The number of benzene rings is 1. The average Bonchev–Trinajstić information content (AvgIpc) is 3.12. The van der Waals surface area contributed by atoms with Crippen LogP contribution in [0.2, 0.25) is 0 Å². The predicted molar refractivity (Wildman–Crippen MR) is 103 cm³/mol. The number of rotatable bonds is 0. The first-order chi connectivity index (χ1) is 14.4. The van der Waals surface area contributed by atoms with Gasteiger partial charge in [-0.05, 0) is 19.9 Å². The summed E-state index contributed by atoms with van der Waals surface area (Å²) in [5.74, 6) is -0.955. The molecule has 1 aromatic carbocycles. The normalized spacial score (nSPS) is 21.1. The first-order valence-corrected chi connectivity index (χ1v) is 9.61. The predicted octanol–water partition coefficient (Wildman–Crippen LogP) is 2.31. The van der Waals surface area contributed by atoms with Crippen molar-refractivity contribution in [2.45, 2.75) is 32.5 Å². The summed E-state index contributed by atoms with van der Waals surface area (Å²) in [6, 6.07) is 1.92. The highest BCUT2D eigenvalue weighted by Gasteiger charge is 2.30. The summed E-state index contributed by atoms with van der Waals surface area (Å²) in [6.45, 7) is 4.27. The number of hydrogen-bond donors (Lipinski definition) is 1. The van der Waals surface area contributed by atoms with Crippen LogP contribution in [0.4, 0.5) is 14.6 Å². The molecule has 2 bridgehead atoms. The maximum Gasteiger partial charge on any atom is 0.256 e. The fourth-order valence-corrected chi connectivity index (χ4v) is 3.71. The molecule has 2 aliphatic rings. The molecule has 30 heavy (non-hydrogen) atoms. The van der Waals surface area contributed by atoms with Crippen molar-refractivity contribution < 1.29 is 23.0 Å². The number of aromatic nitrogens is 3. The van der Waals surface area contributed by atoms with E-state index >= 15 is 0 Å². The molecular weight excluding hydrogens is 396 g/mol. The number of hydrogen-bond acceptors (Lipinski definition) is 6. The molecule has 0 saturated heterocycles. The van der Waals surface area contributed by atoms with E-state index in [4.69, 9.17) is 9.47 Å². The second-order valence-electron chi connectivity index (χ2n) is 7.56. The second kappa shape index (κ2) is 6.82. The van der Waals surface area contributed by atoms with Crippen molar-refractivity contribution in [1.29, 1.82) is 0 Å². The zero-order valence-electron chi connectivity index (χ0n) is 16.4. The highest BCUT2D eigenvalue weighted by Crippen LogP contribution is 2.36. The summed E-state index contributed by atoms with van der Waals surface area (Å²) in [4.78, 5) is 19.2. The van der Waals surface area contributed by atoms with E-state index in [0.29, 0.717) is 34.9 Å². The lowest BCUT2D eigenvalue weighted by Gasteiger charge is -2.36. The summed E-state index contributed by atoms with van der Waals surface area (Å²) in [5.41, 5.74) is 1.02. The number of nitrogens with zero attached hydrogens (tertiary/aromatic N) is 4. The standard InChI is InChI=1S/C20H19F2N5O3/c1-10-9-29-16-8-27-18-14(6-24-27)20(28)23-5-11(2)30-17-12(3-13(21)4-15(17)22)7-26(10)19(16)25-18/h3-4,6,8,10-11H,5,7,9H2,1-2H3,(H,23,28)/t10-,11+/m1/s1. The fraction of sp³-hybridized carbons (Fsp3) is 0.350. The molecule has 0 saturated carbocycles. The zero-order valence-corrected chi connectivity index (χ0v) is 16.4. The van der Waals surface area contributed by atoms with Gasteiger partial charge in [-0.3, -0.25) is 4.79 Å². The molecule has 0 spiro atoms. The van der Waals surface area contributed by atoms with E-state index in [0.717, 1.165) is 6.07 Å². The third-order valence-corrected chi connectivity index (χ3v) is 5.26. The lowest BCUT2D eigenvalue weighted by atomic mass is 10.1. The van der Waals surface area contributed by atoms with E-state index in [1.807, 2.05) is 11.8 Å². The van der Waals surface area contributed by atoms with Gasteiger partial charge >= 0.3 is 0 Å². The van der Waals surface area contributed by atoms with Gasteiger partial charge in [-0.2, -0.15) is 5.10 Å². The minimum Gasteiger partial charge on any atom is -0.486 e. The van der Waals surface area contributed by atoms with Crippen molar-refractivity contribution >= 4 is 17.4 Å². The van der Waals surface area contributed by atoms with E-state index < -0.39 is 17.7 Å². The molecule has 0 fully saturated rings. The number of amides is 1. The van der Waals surface area contributed by atoms with E-state index in [-0.39, 0.29) is 30.8 Å². The Balaban J connectivity index is 1.72. The van der Waals surface area contributed by atoms with Gasteiger partial charge in [0.25, 0.3) is 5.91 Å². The summed E-state index contributed by atoms with van der Waals surface area (Å²) < 4.78 is 41.7. The van der Waals surface area contributed by atoms with Crippen LogP contribution in [-0.2, 0) is 6.54 Å². The molecule has 2 aliphatic heterocycles. The smallest absolute Gasteiger partial charge is 0.256 e. The summed E-state index contributed by atoms with van der Waals surface area (Å²) in [5, 5.41) is 6.95. The van der Waals surface area contributed by atoms with Gasteiger partial charge in [0, 0.05) is 18.2 Å². The van der Waals surface area contributed by atoms with E-state index in [1.54, 1.807) is 13.1 Å². The van der Waals surface area contributed by atoms with Gasteiger partial charge in [-0.15, -0.1) is 0 Å². The van der Waals surface area contributed by atoms with Gasteiger partial charge < -0.3 is 19.7 Å². The maximum atomic E-state index is 14.6. The van der Waals surface area contributed by atoms with E-state index in [9.17, 15) is 13.6 Å². The molecule has 2 atom stereocenters. The van der Waals surface area contributed by atoms with Crippen LogP contribution >= 0.6 is 0 Å². The van der Waals surface area contributed by atoms with Crippen molar-refractivity contribution in [3.05, 3.63) is 47.3 Å². The zero-order chi connectivity index (χ0) is 21.0. The molecule has 5 rings (SSSR count). The first kappa shape index (κ1) is 18.6.